The van der Waals surface area contributed by atoms with Crippen LogP contribution in [-0.4, -0.2) is 31.1 Å². The van der Waals surface area contributed by atoms with Gasteiger partial charge in [-0.25, -0.2) is 0 Å². The summed E-state index contributed by atoms with van der Waals surface area (Å²) in [7, 11) is 0. The maximum Gasteiger partial charge on any atom is 0.224 e. The van der Waals surface area contributed by atoms with E-state index in [1.807, 2.05) is 0 Å². The summed E-state index contributed by atoms with van der Waals surface area (Å²) < 4.78 is 0. The number of amides is 1. The quantitative estimate of drug-likeness (QED) is 0.612. The monoisotopic (exact) mass is 213 g/mol. The molecule has 0 bridgehead atoms. The van der Waals surface area contributed by atoms with Crippen LogP contribution in [0.1, 0.15) is 33.1 Å². The zero-order valence-corrected chi connectivity index (χ0v) is 9.81. The van der Waals surface area contributed by atoms with E-state index in [-0.39, 0.29) is 17.4 Å². The number of hydrogen-bond acceptors (Lipinski definition) is 3. The van der Waals surface area contributed by atoms with E-state index < -0.39 is 0 Å². The fourth-order valence-electron chi connectivity index (χ4n) is 1.79. The van der Waals surface area contributed by atoms with Gasteiger partial charge in [0.05, 0.1) is 5.92 Å². The lowest BCUT2D eigenvalue weighted by Gasteiger charge is -2.27. The second-order valence-corrected chi connectivity index (χ2v) is 4.48. The highest BCUT2D eigenvalue weighted by molar-refractivity contribution is 5.79. The van der Waals surface area contributed by atoms with Crippen molar-refractivity contribution < 1.29 is 4.79 Å². The van der Waals surface area contributed by atoms with Crippen molar-refractivity contribution in [2.45, 2.75) is 38.6 Å². The topological polar surface area (TPSA) is 67.1 Å². The molecule has 4 nitrogen and oxygen atoms in total. The molecule has 0 saturated carbocycles. The predicted molar refractivity (Wildman–Crippen MR) is 61.5 cm³/mol. The average molecular weight is 213 g/mol. The molecule has 1 atom stereocenters. The van der Waals surface area contributed by atoms with Crippen LogP contribution in [0, 0.1) is 5.92 Å². The Kier molecular flexibility index (Phi) is 4.54. The van der Waals surface area contributed by atoms with Crippen molar-refractivity contribution in [2.24, 2.45) is 11.7 Å². The molecule has 1 fully saturated rings. The summed E-state index contributed by atoms with van der Waals surface area (Å²) in [5.74, 6) is 0.291. The van der Waals surface area contributed by atoms with E-state index in [9.17, 15) is 4.79 Å². The first-order valence-electron chi connectivity index (χ1n) is 5.88. The van der Waals surface area contributed by atoms with Gasteiger partial charge in [0.25, 0.3) is 0 Å². The normalized spacial score (nSPS) is 21.7. The van der Waals surface area contributed by atoms with Gasteiger partial charge in [-0.2, -0.15) is 0 Å². The first-order valence-corrected chi connectivity index (χ1v) is 5.88. The van der Waals surface area contributed by atoms with Crippen LogP contribution in [0.2, 0.25) is 0 Å². The average Bonchev–Trinajstić information content (AvgIpc) is 2.79. The molecule has 1 saturated heterocycles. The van der Waals surface area contributed by atoms with Crippen molar-refractivity contribution in [3.8, 4) is 0 Å². The number of hydrogen-bond donors (Lipinski definition) is 3. The van der Waals surface area contributed by atoms with Gasteiger partial charge in [0.2, 0.25) is 5.91 Å². The van der Waals surface area contributed by atoms with E-state index in [2.05, 4.69) is 24.5 Å². The van der Waals surface area contributed by atoms with Crippen molar-refractivity contribution in [3.05, 3.63) is 0 Å². The molecule has 0 aliphatic carbocycles. The van der Waals surface area contributed by atoms with E-state index in [1.54, 1.807) is 0 Å². The van der Waals surface area contributed by atoms with Crippen LogP contribution >= 0.6 is 0 Å². The van der Waals surface area contributed by atoms with Crippen LogP contribution in [0.15, 0.2) is 0 Å². The molecular formula is C11H23N3O. The third kappa shape index (κ3) is 3.47. The molecule has 0 unspecified atom stereocenters. The Morgan fingerprint density at radius 1 is 1.53 bits per heavy atom. The highest BCUT2D eigenvalue weighted by Gasteiger charge is 2.25. The van der Waals surface area contributed by atoms with Gasteiger partial charge >= 0.3 is 0 Å². The number of carbonyl (C=O) groups excluding carboxylic acids is 1. The minimum absolute atomic E-state index is 0.142. The van der Waals surface area contributed by atoms with Crippen molar-refractivity contribution in [1.82, 2.24) is 10.6 Å². The fraction of sp³-hybridized carbons (Fsp3) is 0.909. The van der Waals surface area contributed by atoms with Gasteiger partial charge in [0.1, 0.15) is 0 Å². The van der Waals surface area contributed by atoms with Crippen LogP contribution in [0.3, 0.4) is 0 Å². The van der Waals surface area contributed by atoms with E-state index >= 15 is 0 Å². The largest absolute Gasteiger partial charge is 0.354 e. The van der Waals surface area contributed by atoms with Gasteiger partial charge in [-0.3, -0.25) is 4.79 Å². The molecule has 0 aromatic carbocycles. The van der Waals surface area contributed by atoms with Gasteiger partial charge in [0.15, 0.2) is 0 Å². The van der Waals surface area contributed by atoms with Gasteiger partial charge in [-0.1, -0.05) is 13.8 Å². The number of rotatable bonds is 5. The molecular weight excluding hydrogens is 190 g/mol. The van der Waals surface area contributed by atoms with Gasteiger partial charge in [-0.05, 0) is 25.8 Å². The lowest BCUT2D eigenvalue weighted by Crippen LogP contribution is -2.50. The van der Waals surface area contributed by atoms with Crippen LogP contribution in [0.5, 0.6) is 0 Å². The lowest BCUT2D eigenvalue weighted by molar-refractivity contribution is -0.124. The summed E-state index contributed by atoms with van der Waals surface area (Å²) in [6.07, 6.45) is 2.74. The van der Waals surface area contributed by atoms with Gasteiger partial charge in [-0.15, -0.1) is 0 Å². The molecule has 1 rings (SSSR count). The third-order valence-electron chi connectivity index (χ3n) is 3.45. The summed E-state index contributed by atoms with van der Waals surface area (Å²) >= 11 is 0. The Morgan fingerprint density at radius 3 is 2.67 bits per heavy atom. The van der Waals surface area contributed by atoms with Crippen LogP contribution < -0.4 is 16.4 Å². The maximum absolute atomic E-state index is 11.7. The number of carbonyl (C=O) groups is 1. The Balaban J connectivity index is 2.32. The van der Waals surface area contributed by atoms with Crippen LogP contribution in [-0.2, 0) is 4.79 Å². The molecule has 1 aliphatic rings. The summed E-state index contributed by atoms with van der Waals surface area (Å²) in [6.45, 7) is 6.48. The molecule has 4 heteroatoms. The minimum Gasteiger partial charge on any atom is -0.354 e. The second kappa shape index (κ2) is 5.47. The first-order chi connectivity index (χ1) is 7.11. The van der Waals surface area contributed by atoms with Gasteiger partial charge in [0, 0.05) is 18.6 Å². The summed E-state index contributed by atoms with van der Waals surface area (Å²) in [5.41, 5.74) is 5.88. The first kappa shape index (κ1) is 12.5. The summed E-state index contributed by atoms with van der Waals surface area (Å²) in [6, 6.07) is 0. The molecule has 0 spiro atoms. The van der Waals surface area contributed by atoms with Crippen molar-refractivity contribution >= 4 is 5.91 Å². The Morgan fingerprint density at radius 2 is 2.20 bits per heavy atom. The lowest BCUT2D eigenvalue weighted by atomic mass is 9.94. The van der Waals surface area contributed by atoms with Crippen LogP contribution in [0.25, 0.3) is 0 Å². The molecule has 4 N–H and O–H groups in total. The van der Waals surface area contributed by atoms with E-state index in [0.717, 1.165) is 32.4 Å². The zero-order valence-electron chi connectivity index (χ0n) is 9.81. The smallest absolute Gasteiger partial charge is 0.224 e. The van der Waals surface area contributed by atoms with Crippen molar-refractivity contribution in [3.63, 3.8) is 0 Å². The fourth-order valence-corrected chi connectivity index (χ4v) is 1.79. The number of nitrogens with two attached hydrogens (primary N) is 1. The number of nitrogens with one attached hydrogen (secondary N) is 2. The zero-order chi connectivity index (χ0) is 11.3. The predicted octanol–water partition coefficient (Wildman–Crippen LogP) is 0.230. The standard InChI is InChI=1S/C11H23N3O/c1-3-11(12,4-2)8-14-10(15)9-5-6-13-7-9/h9,13H,3-8,12H2,1-2H3,(H,14,15)/t9-/m0/s1. The third-order valence-corrected chi connectivity index (χ3v) is 3.45. The van der Waals surface area contributed by atoms with Crippen molar-refractivity contribution in [1.29, 1.82) is 0 Å². The molecule has 0 aromatic heterocycles. The Labute approximate surface area is 92.0 Å². The maximum atomic E-state index is 11.7. The second-order valence-electron chi connectivity index (χ2n) is 4.48. The molecule has 15 heavy (non-hydrogen) atoms. The Hall–Kier alpha value is -0.610. The van der Waals surface area contributed by atoms with E-state index in [0.29, 0.717) is 6.54 Å². The summed E-state index contributed by atoms with van der Waals surface area (Å²) in [5, 5.41) is 6.15. The highest BCUT2D eigenvalue weighted by Crippen LogP contribution is 2.11. The molecule has 1 heterocycles. The molecule has 0 aromatic rings. The van der Waals surface area contributed by atoms with E-state index in [1.165, 1.54) is 0 Å². The van der Waals surface area contributed by atoms with E-state index in [4.69, 9.17) is 5.73 Å². The highest BCUT2D eigenvalue weighted by atomic mass is 16.1. The minimum atomic E-state index is -0.234. The van der Waals surface area contributed by atoms with Crippen molar-refractivity contribution in [2.75, 3.05) is 19.6 Å². The SMILES string of the molecule is CCC(N)(CC)CNC(=O)[C@H]1CCNC1. The van der Waals surface area contributed by atoms with Crippen LogP contribution in [0.4, 0.5) is 0 Å². The molecule has 0 radical (unpaired) electrons. The van der Waals surface area contributed by atoms with Gasteiger partial charge < -0.3 is 16.4 Å². The molecule has 1 amide bonds. The Bertz CT molecular complexity index is 208. The molecule has 1 aliphatic heterocycles. The molecule has 88 valence electrons. The summed E-state index contributed by atoms with van der Waals surface area (Å²) in [4.78, 5) is 11.7.